The highest BCUT2D eigenvalue weighted by molar-refractivity contribution is 5.80. The SMILES string of the molecule is C1=CC(=Cc2[nH]c(-c3ccc[nH]3)cc2OCc2ccccc2)N=C1. The fourth-order valence-electron chi connectivity index (χ4n) is 2.60. The molecule has 2 aromatic heterocycles. The largest absolute Gasteiger partial charge is 0.487 e. The third-order valence-electron chi connectivity index (χ3n) is 3.80. The Balaban J connectivity index is 1.64. The maximum Gasteiger partial charge on any atom is 0.145 e. The second-order valence-corrected chi connectivity index (χ2v) is 5.53. The molecule has 2 N–H and O–H groups in total. The van der Waals surface area contributed by atoms with Crippen LogP contribution in [0.15, 0.2) is 77.6 Å². The number of hydrogen-bond donors (Lipinski definition) is 2. The van der Waals surface area contributed by atoms with Crippen LogP contribution in [0.2, 0.25) is 0 Å². The molecule has 0 aliphatic carbocycles. The Morgan fingerprint density at radius 3 is 2.71 bits per heavy atom. The summed E-state index contributed by atoms with van der Waals surface area (Å²) < 4.78 is 6.05. The van der Waals surface area contributed by atoms with Gasteiger partial charge in [0.05, 0.1) is 22.8 Å². The molecule has 1 aromatic carbocycles. The van der Waals surface area contributed by atoms with Crippen molar-refractivity contribution in [3.05, 3.63) is 83.8 Å². The van der Waals surface area contributed by atoms with E-state index in [-0.39, 0.29) is 0 Å². The van der Waals surface area contributed by atoms with Crippen molar-refractivity contribution in [1.29, 1.82) is 0 Å². The number of ether oxygens (including phenoxy) is 1. The lowest BCUT2D eigenvalue weighted by atomic mass is 10.2. The summed E-state index contributed by atoms with van der Waals surface area (Å²) in [7, 11) is 0. The molecule has 0 amide bonds. The van der Waals surface area contributed by atoms with E-state index >= 15 is 0 Å². The number of hydrogen-bond acceptors (Lipinski definition) is 2. The van der Waals surface area contributed by atoms with Gasteiger partial charge in [0.15, 0.2) is 0 Å². The van der Waals surface area contributed by atoms with Crippen LogP contribution in [0.3, 0.4) is 0 Å². The van der Waals surface area contributed by atoms with E-state index in [2.05, 4.69) is 27.1 Å². The van der Waals surface area contributed by atoms with Gasteiger partial charge in [0.1, 0.15) is 12.4 Å². The summed E-state index contributed by atoms with van der Waals surface area (Å²) in [5.74, 6) is 0.812. The Bertz CT molecular complexity index is 886. The first-order chi connectivity index (χ1) is 11.9. The minimum atomic E-state index is 0.526. The second-order valence-electron chi connectivity index (χ2n) is 5.53. The van der Waals surface area contributed by atoms with Crippen molar-refractivity contribution in [2.24, 2.45) is 4.99 Å². The van der Waals surface area contributed by atoms with Gasteiger partial charge < -0.3 is 14.7 Å². The number of H-pyrrole nitrogens is 2. The van der Waals surface area contributed by atoms with E-state index < -0.39 is 0 Å². The molecule has 0 spiro atoms. The predicted octanol–water partition coefficient (Wildman–Crippen LogP) is 4.57. The molecule has 0 bridgehead atoms. The average Bonchev–Trinajstić information content (AvgIpc) is 3.36. The zero-order chi connectivity index (χ0) is 16.2. The van der Waals surface area contributed by atoms with Gasteiger partial charge in [-0.2, -0.15) is 0 Å². The summed E-state index contributed by atoms with van der Waals surface area (Å²) in [4.78, 5) is 10.9. The van der Waals surface area contributed by atoms with E-state index in [0.29, 0.717) is 6.61 Å². The Hall–Kier alpha value is -3.27. The van der Waals surface area contributed by atoms with Crippen LogP contribution in [0, 0.1) is 0 Å². The van der Waals surface area contributed by atoms with Crippen LogP contribution in [-0.2, 0) is 6.61 Å². The third kappa shape index (κ3) is 3.08. The van der Waals surface area contributed by atoms with Gasteiger partial charge >= 0.3 is 0 Å². The minimum Gasteiger partial charge on any atom is -0.487 e. The fraction of sp³-hybridized carbons (Fsp3) is 0.0500. The first kappa shape index (κ1) is 14.3. The van der Waals surface area contributed by atoms with Crippen molar-refractivity contribution < 1.29 is 4.74 Å². The first-order valence-corrected chi connectivity index (χ1v) is 7.84. The van der Waals surface area contributed by atoms with E-state index in [4.69, 9.17) is 4.74 Å². The van der Waals surface area contributed by atoms with Gasteiger partial charge in [-0.3, -0.25) is 4.99 Å². The predicted molar refractivity (Wildman–Crippen MR) is 97.0 cm³/mol. The van der Waals surface area contributed by atoms with Crippen molar-refractivity contribution in [2.75, 3.05) is 0 Å². The van der Waals surface area contributed by atoms with Crippen LogP contribution in [0.5, 0.6) is 5.75 Å². The molecule has 0 atom stereocenters. The van der Waals surface area contributed by atoms with Crippen molar-refractivity contribution in [3.8, 4) is 17.1 Å². The van der Waals surface area contributed by atoms with Crippen LogP contribution < -0.4 is 4.74 Å². The molecule has 0 unspecified atom stereocenters. The standard InChI is InChI=1S/C20H17N3O/c1-2-6-15(7-3-1)14-24-20-13-18(17-9-5-11-22-17)23-19(20)12-16-8-4-10-21-16/h1-13,22-23H,14H2. The van der Waals surface area contributed by atoms with E-state index in [0.717, 1.165) is 34.1 Å². The molecule has 4 heteroatoms. The number of aromatic nitrogens is 2. The molecule has 3 heterocycles. The van der Waals surface area contributed by atoms with Crippen LogP contribution in [-0.4, -0.2) is 16.2 Å². The Morgan fingerprint density at radius 2 is 1.96 bits per heavy atom. The minimum absolute atomic E-state index is 0.526. The van der Waals surface area contributed by atoms with E-state index in [1.165, 1.54) is 0 Å². The summed E-state index contributed by atoms with van der Waals surface area (Å²) in [6.07, 6.45) is 9.57. The summed E-state index contributed by atoms with van der Waals surface area (Å²) in [6.45, 7) is 0.526. The number of aromatic amines is 2. The molecule has 24 heavy (non-hydrogen) atoms. The molecule has 1 aliphatic rings. The maximum atomic E-state index is 6.05. The normalized spacial score (nSPS) is 14.6. The highest BCUT2D eigenvalue weighted by Crippen LogP contribution is 2.29. The molecule has 0 radical (unpaired) electrons. The highest BCUT2D eigenvalue weighted by atomic mass is 16.5. The van der Waals surface area contributed by atoms with Gasteiger partial charge in [0, 0.05) is 18.5 Å². The number of nitrogens with zero attached hydrogens (tertiary/aromatic N) is 1. The lowest BCUT2D eigenvalue weighted by Crippen LogP contribution is -1.95. The van der Waals surface area contributed by atoms with Crippen molar-refractivity contribution in [2.45, 2.75) is 6.61 Å². The molecular formula is C20H17N3O. The van der Waals surface area contributed by atoms with Gasteiger partial charge in [-0.1, -0.05) is 30.3 Å². The number of rotatable bonds is 5. The van der Waals surface area contributed by atoms with E-state index in [1.54, 1.807) is 6.21 Å². The van der Waals surface area contributed by atoms with Crippen LogP contribution >= 0.6 is 0 Å². The quantitative estimate of drug-likeness (QED) is 0.712. The Kier molecular flexibility index (Phi) is 3.86. The number of allylic oxidation sites excluding steroid dienone is 2. The molecule has 0 saturated heterocycles. The molecular weight excluding hydrogens is 298 g/mol. The lowest BCUT2D eigenvalue weighted by Gasteiger charge is -2.05. The number of nitrogens with one attached hydrogen (secondary N) is 2. The number of aliphatic imine (C=N–C) groups is 1. The van der Waals surface area contributed by atoms with Gasteiger partial charge in [0.25, 0.3) is 0 Å². The first-order valence-electron chi connectivity index (χ1n) is 7.84. The van der Waals surface area contributed by atoms with Crippen LogP contribution in [0.4, 0.5) is 0 Å². The molecule has 0 fully saturated rings. The highest BCUT2D eigenvalue weighted by Gasteiger charge is 2.11. The molecule has 0 saturated carbocycles. The summed E-state index contributed by atoms with van der Waals surface area (Å²) >= 11 is 0. The second kappa shape index (κ2) is 6.46. The molecule has 118 valence electrons. The van der Waals surface area contributed by atoms with Gasteiger partial charge in [-0.05, 0) is 35.9 Å². The average molecular weight is 315 g/mol. The van der Waals surface area contributed by atoms with Crippen LogP contribution in [0.1, 0.15) is 11.3 Å². The molecule has 1 aliphatic heterocycles. The van der Waals surface area contributed by atoms with Gasteiger partial charge in [0.2, 0.25) is 0 Å². The molecule has 3 aromatic rings. The van der Waals surface area contributed by atoms with Gasteiger partial charge in [-0.15, -0.1) is 0 Å². The van der Waals surface area contributed by atoms with Crippen molar-refractivity contribution in [3.63, 3.8) is 0 Å². The lowest BCUT2D eigenvalue weighted by molar-refractivity contribution is 0.306. The smallest absolute Gasteiger partial charge is 0.145 e. The molecule has 4 nitrogen and oxygen atoms in total. The fourth-order valence-corrected chi connectivity index (χ4v) is 2.60. The summed E-state index contributed by atoms with van der Waals surface area (Å²) in [5.41, 5.74) is 4.96. The van der Waals surface area contributed by atoms with Crippen molar-refractivity contribution in [1.82, 2.24) is 9.97 Å². The zero-order valence-corrected chi connectivity index (χ0v) is 13.1. The Labute approximate surface area is 140 Å². The van der Waals surface area contributed by atoms with Gasteiger partial charge in [-0.25, -0.2) is 0 Å². The summed E-state index contributed by atoms with van der Waals surface area (Å²) in [5, 5.41) is 0. The van der Waals surface area contributed by atoms with E-state index in [1.807, 2.05) is 60.8 Å². The van der Waals surface area contributed by atoms with E-state index in [9.17, 15) is 0 Å². The number of benzene rings is 1. The van der Waals surface area contributed by atoms with Crippen LogP contribution in [0.25, 0.3) is 17.5 Å². The maximum absolute atomic E-state index is 6.05. The molecule has 4 rings (SSSR count). The van der Waals surface area contributed by atoms with Crippen molar-refractivity contribution >= 4 is 12.3 Å². The third-order valence-corrected chi connectivity index (χ3v) is 3.80. The topological polar surface area (TPSA) is 53.2 Å². The monoisotopic (exact) mass is 315 g/mol. The Morgan fingerprint density at radius 1 is 1.04 bits per heavy atom. The summed E-state index contributed by atoms with van der Waals surface area (Å²) in [6, 6.07) is 16.2. The zero-order valence-electron chi connectivity index (χ0n) is 13.1.